The van der Waals surface area contributed by atoms with Gasteiger partial charge in [-0.2, -0.15) is 13.2 Å². The van der Waals surface area contributed by atoms with Crippen LogP contribution in [0.5, 0.6) is 0 Å². The van der Waals surface area contributed by atoms with Crippen molar-refractivity contribution in [1.82, 2.24) is 20.1 Å². The van der Waals surface area contributed by atoms with Crippen LogP contribution in [0.3, 0.4) is 0 Å². The molecule has 0 unspecified atom stereocenters. The normalized spacial score (nSPS) is 15.5. The molecule has 1 fully saturated rings. The van der Waals surface area contributed by atoms with Crippen molar-refractivity contribution >= 4 is 11.8 Å². The summed E-state index contributed by atoms with van der Waals surface area (Å²) >= 11 is 0. The fourth-order valence-electron chi connectivity index (χ4n) is 4.20. The number of hydrogen-bond donors (Lipinski definition) is 1. The molecule has 0 spiro atoms. The highest BCUT2D eigenvalue weighted by atomic mass is 19.4. The molecule has 0 bridgehead atoms. The number of aromatic nitrogens is 1. The van der Waals surface area contributed by atoms with Crippen molar-refractivity contribution in [3.05, 3.63) is 101 Å². The Morgan fingerprint density at radius 1 is 0.886 bits per heavy atom. The molecular formula is C26H25F3N4O2. The van der Waals surface area contributed by atoms with Crippen LogP contribution in [0.15, 0.2) is 79.0 Å². The number of piperazine rings is 1. The predicted octanol–water partition coefficient (Wildman–Crippen LogP) is 3.92. The summed E-state index contributed by atoms with van der Waals surface area (Å²) in [6, 6.07) is 20.8. The molecule has 6 nitrogen and oxygen atoms in total. The highest BCUT2D eigenvalue weighted by Gasteiger charge is 2.39. The van der Waals surface area contributed by atoms with E-state index in [2.05, 4.69) is 10.3 Å². The first kappa shape index (κ1) is 24.4. The molecule has 35 heavy (non-hydrogen) atoms. The zero-order valence-electron chi connectivity index (χ0n) is 18.9. The Kier molecular flexibility index (Phi) is 7.45. The summed E-state index contributed by atoms with van der Waals surface area (Å²) in [5, 5.41) is 2.98. The molecule has 1 atom stereocenters. The summed E-state index contributed by atoms with van der Waals surface area (Å²) in [5.41, 5.74) is 0.132. The predicted molar refractivity (Wildman–Crippen MR) is 124 cm³/mol. The van der Waals surface area contributed by atoms with E-state index >= 15 is 0 Å². The number of amides is 2. The average molecular weight is 483 g/mol. The molecule has 0 aliphatic carbocycles. The third-order valence-electron chi connectivity index (χ3n) is 5.95. The van der Waals surface area contributed by atoms with Crippen molar-refractivity contribution in [2.45, 2.75) is 18.8 Å². The summed E-state index contributed by atoms with van der Waals surface area (Å²) in [5.74, 6) is -0.888. The van der Waals surface area contributed by atoms with Crippen LogP contribution < -0.4 is 5.32 Å². The van der Waals surface area contributed by atoms with Gasteiger partial charge in [-0.15, -0.1) is 0 Å². The van der Waals surface area contributed by atoms with Crippen LogP contribution in [-0.4, -0.2) is 52.8 Å². The average Bonchev–Trinajstić information content (AvgIpc) is 2.88. The standard InChI is InChI=1S/C26H25F3N4O2/c27-26(28,29)23-21(12-7-13-30-23)25(35)33-16-14-32(15-17-33)22(20-10-5-2-6-11-20)24(34)31-18-19-8-3-1-4-9-19/h1-13,22H,14-18H2,(H,31,34)/t22-/m1/s1. The van der Waals surface area contributed by atoms with Gasteiger partial charge in [-0.05, 0) is 23.3 Å². The molecule has 1 aliphatic rings. The molecule has 2 amide bonds. The number of nitrogens with zero attached hydrogens (tertiary/aromatic N) is 3. The van der Waals surface area contributed by atoms with Crippen molar-refractivity contribution in [3.63, 3.8) is 0 Å². The Morgan fingerprint density at radius 2 is 1.51 bits per heavy atom. The number of nitrogens with one attached hydrogen (secondary N) is 1. The van der Waals surface area contributed by atoms with Gasteiger partial charge in [0, 0.05) is 38.9 Å². The molecule has 2 aromatic carbocycles. The molecule has 1 N–H and O–H groups in total. The molecule has 4 rings (SSSR count). The van der Waals surface area contributed by atoms with Crippen LogP contribution in [0.25, 0.3) is 0 Å². The minimum atomic E-state index is -4.72. The largest absolute Gasteiger partial charge is 0.434 e. The molecule has 182 valence electrons. The number of alkyl halides is 3. The van der Waals surface area contributed by atoms with E-state index in [0.29, 0.717) is 19.6 Å². The minimum Gasteiger partial charge on any atom is -0.350 e. The molecule has 1 aliphatic heterocycles. The molecule has 0 saturated carbocycles. The number of carbonyl (C=O) groups is 2. The van der Waals surface area contributed by atoms with Gasteiger partial charge in [-0.3, -0.25) is 19.5 Å². The highest BCUT2D eigenvalue weighted by Crippen LogP contribution is 2.31. The van der Waals surface area contributed by atoms with Crippen LogP contribution in [-0.2, 0) is 17.5 Å². The van der Waals surface area contributed by atoms with Crippen molar-refractivity contribution in [3.8, 4) is 0 Å². The van der Waals surface area contributed by atoms with E-state index in [1.165, 1.54) is 11.0 Å². The van der Waals surface area contributed by atoms with Crippen LogP contribution in [0.4, 0.5) is 13.2 Å². The third-order valence-corrected chi connectivity index (χ3v) is 5.95. The number of pyridine rings is 1. The van der Waals surface area contributed by atoms with E-state index in [-0.39, 0.29) is 19.0 Å². The Hall–Kier alpha value is -3.72. The monoisotopic (exact) mass is 482 g/mol. The van der Waals surface area contributed by atoms with Gasteiger partial charge in [-0.25, -0.2) is 0 Å². The Balaban J connectivity index is 1.47. The van der Waals surface area contributed by atoms with E-state index in [4.69, 9.17) is 0 Å². The van der Waals surface area contributed by atoms with Crippen LogP contribution >= 0.6 is 0 Å². The first-order chi connectivity index (χ1) is 16.8. The summed E-state index contributed by atoms with van der Waals surface area (Å²) in [7, 11) is 0. The Bertz CT molecular complexity index is 1150. The fraction of sp³-hybridized carbons (Fsp3) is 0.269. The van der Waals surface area contributed by atoms with Gasteiger partial charge in [0.2, 0.25) is 5.91 Å². The van der Waals surface area contributed by atoms with Gasteiger partial charge in [0.15, 0.2) is 5.69 Å². The molecule has 9 heteroatoms. The van der Waals surface area contributed by atoms with E-state index in [1.807, 2.05) is 65.6 Å². The van der Waals surface area contributed by atoms with E-state index in [1.54, 1.807) is 0 Å². The van der Waals surface area contributed by atoms with Crippen LogP contribution in [0, 0.1) is 0 Å². The van der Waals surface area contributed by atoms with E-state index < -0.39 is 29.4 Å². The highest BCUT2D eigenvalue weighted by molar-refractivity contribution is 5.95. The van der Waals surface area contributed by atoms with Crippen molar-refractivity contribution < 1.29 is 22.8 Å². The van der Waals surface area contributed by atoms with Gasteiger partial charge < -0.3 is 10.2 Å². The van der Waals surface area contributed by atoms with Gasteiger partial charge >= 0.3 is 6.18 Å². The number of benzene rings is 2. The van der Waals surface area contributed by atoms with Gasteiger partial charge in [0.1, 0.15) is 6.04 Å². The third kappa shape index (κ3) is 5.86. The van der Waals surface area contributed by atoms with Gasteiger partial charge in [0.25, 0.3) is 5.91 Å². The minimum absolute atomic E-state index is 0.175. The maximum absolute atomic E-state index is 13.3. The second-order valence-electron chi connectivity index (χ2n) is 8.24. The maximum atomic E-state index is 13.3. The number of halogens is 3. The van der Waals surface area contributed by atoms with Crippen molar-refractivity contribution in [2.24, 2.45) is 0 Å². The number of hydrogen-bond acceptors (Lipinski definition) is 4. The van der Waals surface area contributed by atoms with Crippen molar-refractivity contribution in [2.75, 3.05) is 26.2 Å². The summed E-state index contributed by atoms with van der Waals surface area (Å²) in [6.07, 6.45) is -3.70. The molecule has 2 heterocycles. The lowest BCUT2D eigenvalue weighted by molar-refractivity contribution is -0.141. The second-order valence-corrected chi connectivity index (χ2v) is 8.24. The molecule has 3 aromatic rings. The summed E-state index contributed by atoms with van der Waals surface area (Å²) in [4.78, 5) is 32.9. The summed E-state index contributed by atoms with van der Waals surface area (Å²) < 4.78 is 40.0. The first-order valence-electron chi connectivity index (χ1n) is 11.3. The fourth-order valence-corrected chi connectivity index (χ4v) is 4.20. The zero-order valence-corrected chi connectivity index (χ0v) is 18.9. The first-order valence-corrected chi connectivity index (χ1v) is 11.3. The van der Waals surface area contributed by atoms with Gasteiger partial charge in [-0.1, -0.05) is 60.7 Å². The topological polar surface area (TPSA) is 65.5 Å². The molecular weight excluding hydrogens is 457 g/mol. The van der Waals surface area contributed by atoms with E-state index in [0.717, 1.165) is 23.4 Å². The lowest BCUT2D eigenvalue weighted by Crippen LogP contribution is -2.52. The quantitative estimate of drug-likeness (QED) is 0.579. The molecule has 1 saturated heterocycles. The van der Waals surface area contributed by atoms with Crippen molar-refractivity contribution in [1.29, 1.82) is 0 Å². The Morgan fingerprint density at radius 3 is 2.14 bits per heavy atom. The lowest BCUT2D eigenvalue weighted by atomic mass is 10.0. The number of carbonyl (C=O) groups excluding carboxylic acids is 2. The zero-order chi connectivity index (χ0) is 24.8. The SMILES string of the molecule is O=C(NCc1ccccc1)[C@@H](c1ccccc1)N1CCN(C(=O)c2cccnc2C(F)(F)F)CC1. The van der Waals surface area contributed by atoms with Gasteiger partial charge in [0.05, 0.1) is 5.56 Å². The Labute approximate surface area is 201 Å². The molecule has 1 aromatic heterocycles. The lowest BCUT2D eigenvalue weighted by Gasteiger charge is -2.39. The summed E-state index contributed by atoms with van der Waals surface area (Å²) in [6.45, 7) is 1.45. The van der Waals surface area contributed by atoms with Crippen LogP contribution in [0.2, 0.25) is 0 Å². The number of rotatable bonds is 6. The van der Waals surface area contributed by atoms with Crippen LogP contribution in [0.1, 0.15) is 33.2 Å². The van der Waals surface area contributed by atoms with E-state index in [9.17, 15) is 22.8 Å². The molecule has 0 radical (unpaired) electrons. The second kappa shape index (κ2) is 10.7. The maximum Gasteiger partial charge on any atom is 0.434 e. The smallest absolute Gasteiger partial charge is 0.350 e.